The molecule has 78 valence electrons. The lowest BCUT2D eigenvalue weighted by Crippen LogP contribution is -1.99. The molecule has 0 radical (unpaired) electrons. The van der Waals surface area contributed by atoms with Crippen LogP contribution in [-0.4, -0.2) is 9.97 Å². The number of imidazole rings is 1. The van der Waals surface area contributed by atoms with Crippen LogP contribution in [0.5, 0.6) is 0 Å². The smallest absolute Gasteiger partial charge is 0.141 e. The normalized spacial score (nSPS) is 10.3. The van der Waals surface area contributed by atoms with Crippen molar-refractivity contribution >= 4 is 17.3 Å². The predicted octanol–water partition coefficient (Wildman–Crippen LogP) is 2.81. The maximum absolute atomic E-state index is 12.8. The lowest BCUT2D eigenvalue weighted by Gasteiger charge is -2.05. The molecule has 3 nitrogen and oxygen atoms in total. The van der Waals surface area contributed by atoms with Crippen molar-refractivity contribution in [3.05, 3.63) is 47.3 Å². The minimum atomic E-state index is -0.413. The molecule has 0 amide bonds. The first-order valence-corrected chi connectivity index (χ1v) is 4.79. The summed E-state index contributed by atoms with van der Waals surface area (Å²) in [6.45, 7) is 0.599. The topological polar surface area (TPSA) is 40.7 Å². The number of hydrogen-bond donors (Lipinski definition) is 2. The van der Waals surface area contributed by atoms with E-state index in [2.05, 4.69) is 15.3 Å². The fourth-order valence-electron chi connectivity index (χ4n) is 1.18. The van der Waals surface area contributed by atoms with E-state index in [9.17, 15) is 4.39 Å². The summed E-state index contributed by atoms with van der Waals surface area (Å²) in [4.78, 5) is 6.84. The average Bonchev–Trinajstić information content (AvgIpc) is 2.73. The largest absolute Gasteiger partial charge is 0.379 e. The molecule has 15 heavy (non-hydrogen) atoms. The third-order valence-electron chi connectivity index (χ3n) is 1.96. The van der Waals surface area contributed by atoms with Gasteiger partial charge in [0.15, 0.2) is 0 Å². The lowest BCUT2D eigenvalue weighted by molar-refractivity contribution is 0.628. The molecule has 0 aliphatic heterocycles. The summed E-state index contributed by atoms with van der Waals surface area (Å²) >= 11 is 5.64. The molecule has 2 rings (SSSR count). The zero-order valence-electron chi connectivity index (χ0n) is 7.80. The van der Waals surface area contributed by atoms with Crippen molar-refractivity contribution in [1.82, 2.24) is 9.97 Å². The zero-order valence-corrected chi connectivity index (χ0v) is 8.55. The number of anilines is 1. The molecule has 0 saturated carbocycles. The highest BCUT2D eigenvalue weighted by atomic mass is 35.5. The number of halogens is 2. The van der Waals surface area contributed by atoms with Gasteiger partial charge in [0.05, 0.1) is 23.6 Å². The highest BCUT2D eigenvalue weighted by molar-refractivity contribution is 6.31. The van der Waals surface area contributed by atoms with E-state index in [4.69, 9.17) is 11.6 Å². The van der Waals surface area contributed by atoms with Gasteiger partial charge >= 0.3 is 0 Å². The van der Waals surface area contributed by atoms with Crippen LogP contribution in [0.3, 0.4) is 0 Å². The van der Waals surface area contributed by atoms with Gasteiger partial charge in [0.2, 0.25) is 0 Å². The van der Waals surface area contributed by atoms with Crippen LogP contribution >= 0.6 is 11.6 Å². The van der Waals surface area contributed by atoms with Gasteiger partial charge in [0.25, 0.3) is 0 Å². The Morgan fingerprint density at radius 3 is 3.00 bits per heavy atom. The van der Waals surface area contributed by atoms with E-state index in [0.29, 0.717) is 6.54 Å². The van der Waals surface area contributed by atoms with Crippen LogP contribution in [0.2, 0.25) is 5.02 Å². The first-order chi connectivity index (χ1) is 7.25. The molecule has 1 aromatic carbocycles. The Hall–Kier alpha value is -1.55. The molecule has 1 aromatic heterocycles. The number of rotatable bonds is 3. The van der Waals surface area contributed by atoms with Crippen LogP contribution < -0.4 is 5.32 Å². The zero-order chi connectivity index (χ0) is 10.7. The summed E-state index contributed by atoms with van der Waals surface area (Å²) in [5.74, 6) is -0.413. The number of nitrogens with zero attached hydrogens (tertiary/aromatic N) is 1. The Morgan fingerprint density at radius 2 is 2.33 bits per heavy atom. The minimum Gasteiger partial charge on any atom is -0.379 e. The molecule has 0 aliphatic rings. The Kier molecular flexibility index (Phi) is 2.87. The van der Waals surface area contributed by atoms with Crippen LogP contribution in [0.1, 0.15) is 5.69 Å². The summed E-state index contributed by atoms with van der Waals surface area (Å²) in [6.07, 6.45) is 3.33. The second-order valence-corrected chi connectivity index (χ2v) is 3.47. The molecule has 2 N–H and O–H groups in total. The van der Waals surface area contributed by atoms with E-state index >= 15 is 0 Å². The van der Waals surface area contributed by atoms with Crippen molar-refractivity contribution < 1.29 is 4.39 Å². The monoisotopic (exact) mass is 225 g/mol. The van der Waals surface area contributed by atoms with E-state index in [-0.39, 0.29) is 5.02 Å². The van der Waals surface area contributed by atoms with E-state index in [1.807, 2.05) is 0 Å². The van der Waals surface area contributed by atoms with Gasteiger partial charge in [-0.3, -0.25) is 0 Å². The molecule has 0 bridgehead atoms. The molecule has 5 heteroatoms. The summed E-state index contributed by atoms with van der Waals surface area (Å²) in [5, 5.41) is 3.21. The Labute approximate surface area is 91.3 Å². The maximum Gasteiger partial charge on any atom is 0.141 e. The molecule has 2 aromatic rings. The minimum absolute atomic E-state index is 0.115. The Balaban J connectivity index is 2.02. The predicted molar refractivity (Wildman–Crippen MR) is 57.3 cm³/mol. The molecule has 0 aliphatic carbocycles. The van der Waals surface area contributed by atoms with Crippen molar-refractivity contribution in [3.8, 4) is 0 Å². The molecule has 0 fully saturated rings. The third-order valence-corrected chi connectivity index (χ3v) is 2.25. The van der Waals surface area contributed by atoms with Crippen molar-refractivity contribution in [3.63, 3.8) is 0 Å². The van der Waals surface area contributed by atoms with Crippen LogP contribution in [0.25, 0.3) is 0 Å². The van der Waals surface area contributed by atoms with Crippen LogP contribution in [0.15, 0.2) is 30.7 Å². The molecule has 0 spiro atoms. The van der Waals surface area contributed by atoms with Crippen molar-refractivity contribution in [2.45, 2.75) is 6.54 Å². The maximum atomic E-state index is 12.8. The Bertz CT molecular complexity index is 442. The van der Waals surface area contributed by atoms with Gasteiger partial charge in [0.1, 0.15) is 5.82 Å². The number of H-pyrrole nitrogens is 1. The van der Waals surface area contributed by atoms with Gasteiger partial charge in [-0.15, -0.1) is 0 Å². The summed E-state index contributed by atoms with van der Waals surface area (Å²) in [7, 11) is 0. The SMILES string of the molecule is Fc1ccc(NCc2cnc[nH]2)cc1Cl. The molecule has 1 heterocycles. The van der Waals surface area contributed by atoms with E-state index in [1.54, 1.807) is 24.7 Å². The standard InChI is InChI=1S/C10H9ClFN3/c11-9-3-7(1-2-10(9)12)14-5-8-4-13-6-15-8/h1-4,6,14H,5H2,(H,13,15). The van der Waals surface area contributed by atoms with Gasteiger partial charge in [-0.2, -0.15) is 0 Å². The van der Waals surface area contributed by atoms with Gasteiger partial charge in [-0.1, -0.05) is 11.6 Å². The number of aromatic nitrogens is 2. The van der Waals surface area contributed by atoms with Gasteiger partial charge < -0.3 is 10.3 Å². The van der Waals surface area contributed by atoms with E-state index < -0.39 is 5.82 Å². The van der Waals surface area contributed by atoms with Crippen LogP contribution in [0, 0.1) is 5.82 Å². The van der Waals surface area contributed by atoms with Crippen molar-refractivity contribution in [2.75, 3.05) is 5.32 Å². The molecule has 0 atom stereocenters. The van der Waals surface area contributed by atoms with Crippen LogP contribution in [0.4, 0.5) is 10.1 Å². The fourth-order valence-corrected chi connectivity index (χ4v) is 1.37. The molecular weight excluding hydrogens is 217 g/mol. The summed E-state index contributed by atoms with van der Waals surface area (Å²) in [5.41, 5.74) is 1.73. The van der Waals surface area contributed by atoms with E-state index in [1.165, 1.54) is 6.07 Å². The molecule has 0 saturated heterocycles. The highest BCUT2D eigenvalue weighted by Crippen LogP contribution is 2.19. The van der Waals surface area contributed by atoms with Crippen molar-refractivity contribution in [2.24, 2.45) is 0 Å². The van der Waals surface area contributed by atoms with Gasteiger partial charge in [-0.25, -0.2) is 9.37 Å². The Morgan fingerprint density at radius 1 is 1.47 bits per heavy atom. The average molecular weight is 226 g/mol. The lowest BCUT2D eigenvalue weighted by atomic mass is 10.3. The number of hydrogen-bond acceptors (Lipinski definition) is 2. The second kappa shape index (κ2) is 4.31. The second-order valence-electron chi connectivity index (χ2n) is 3.06. The highest BCUT2D eigenvalue weighted by Gasteiger charge is 2.00. The summed E-state index contributed by atoms with van der Waals surface area (Å²) < 4.78 is 12.8. The van der Waals surface area contributed by atoms with Gasteiger partial charge in [0, 0.05) is 11.9 Å². The first kappa shape index (κ1) is 9.98. The molecule has 0 unspecified atom stereocenters. The van der Waals surface area contributed by atoms with E-state index in [0.717, 1.165) is 11.4 Å². The fraction of sp³-hybridized carbons (Fsp3) is 0.100. The molecular formula is C10H9ClFN3. The van der Waals surface area contributed by atoms with Crippen molar-refractivity contribution in [1.29, 1.82) is 0 Å². The first-order valence-electron chi connectivity index (χ1n) is 4.42. The van der Waals surface area contributed by atoms with Crippen LogP contribution in [-0.2, 0) is 6.54 Å². The number of benzene rings is 1. The third kappa shape index (κ3) is 2.47. The number of nitrogens with one attached hydrogen (secondary N) is 2. The number of aromatic amines is 1. The summed E-state index contributed by atoms with van der Waals surface area (Å²) in [6, 6.07) is 4.52. The van der Waals surface area contributed by atoms with Gasteiger partial charge in [-0.05, 0) is 18.2 Å². The quantitative estimate of drug-likeness (QED) is 0.843.